The smallest absolute Gasteiger partial charge is 0.243 e. The minimum atomic E-state index is -3.40. The SMILES string of the molecule is CCCC1CCN(S(=O)(=O)c2cccc(N)c2C)CC1. The summed E-state index contributed by atoms with van der Waals surface area (Å²) in [6.07, 6.45) is 4.31. The van der Waals surface area contributed by atoms with Gasteiger partial charge in [0.1, 0.15) is 0 Å². The molecule has 0 aromatic heterocycles. The summed E-state index contributed by atoms with van der Waals surface area (Å²) >= 11 is 0. The number of rotatable bonds is 4. The molecule has 0 unspecified atom stereocenters. The predicted octanol–water partition coefficient (Wildman–Crippen LogP) is 2.78. The van der Waals surface area contributed by atoms with Gasteiger partial charge in [0.2, 0.25) is 10.0 Å². The van der Waals surface area contributed by atoms with Gasteiger partial charge in [0.25, 0.3) is 0 Å². The third-order valence-corrected chi connectivity index (χ3v) is 6.26. The minimum absolute atomic E-state index is 0.353. The van der Waals surface area contributed by atoms with Crippen molar-refractivity contribution in [2.45, 2.75) is 44.4 Å². The van der Waals surface area contributed by atoms with Gasteiger partial charge in [-0.2, -0.15) is 4.31 Å². The first kappa shape index (κ1) is 15.3. The zero-order valence-corrected chi connectivity index (χ0v) is 13.1. The van der Waals surface area contributed by atoms with Crippen molar-refractivity contribution in [3.8, 4) is 0 Å². The number of nitrogens with zero attached hydrogens (tertiary/aromatic N) is 1. The van der Waals surface area contributed by atoms with Crippen molar-refractivity contribution in [2.24, 2.45) is 5.92 Å². The third kappa shape index (κ3) is 2.99. The average molecular weight is 296 g/mol. The number of piperidine rings is 1. The van der Waals surface area contributed by atoms with Crippen LogP contribution in [0.3, 0.4) is 0 Å². The van der Waals surface area contributed by atoms with E-state index in [9.17, 15) is 8.42 Å². The molecule has 1 aromatic carbocycles. The fourth-order valence-electron chi connectivity index (χ4n) is 2.90. The second-order valence-corrected chi connectivity index (χ2v) is 7.51. The van der Waals surface area contributed by atoms with Crippen molar-refractivity contribution in [1.29, 1.82) is 0 Å². The lowest BCUT2D eigenvalue weighted by Gasteiger charge is -2.31. The summed E-state index contributed by atoms with van der Waals surface area (Å²) in [5, 5.41) is 0. The average Bonchev–Trinajstić information content (AvgIpc) is 2.42. The summed E-state index contributed by atoms with van der Waals surface area (Å²) < 4.78 is 27.0. The quantitative estimate of drug-likeness (QED) is 0.869. The molecular formula is C15H24N2O2S. The van der Waals surface area contributed by atoms with Gasteiger partial charge in [-0.3, -0.25) is 0 Å². The molecule has 0 amide bonds. The fourth-order valence-corrected chi connectivity index (χ4v) is 4.62. The monoisotopic (exact) mass is 296 g/mol. The van der Waals surface area contributed by atoms with Gasteiger partial charge in [-0.15, -0.1) is 0 Å². The van der Waals surface area contributed by atoms with Crippen LogP contribution in [0.4, 0.5) is 5.69 Å². The molecule has 2 N–H and O–H groups in total. The highest BCUT2D eigenvalue weighted by atomic mass is 32.2. The second-order valence-electron chi connectivity index (χ2n) is 5.61. The molecule has 0 saturated carbocycles. The molecule has 0 spiro atoms. The Kier molecular flexibility index (Phi) is 4.70. The molecule has 0 aliphatic carbocycles. The number of nitrogen functional groups attached to an aromatic ring is 1. The Bertz CT molecular complexity index is 561. The zero-order valence-electron chi connectivity index (χ0n) is 12.3. The van der Waals surface area contributed by atoms with E-state index in [1.807, 2.05) is 0 Å². The van der Waals surface area contributed by atoms with Crippen LogP contribution >= 0.6 is 0 Å². The highest BCUT2D eigenvalue weighted by Crippen LogP contribution is 2.29. The molecule has 5 heteroatoms. The zero-order chi connectivity index (χ0) is 14.8. The first-order chi connectivity index (χ1) is 9.46. The fraction of sp³-hybridized carbons (Fsp3) is 0.600. The van der Waals surface area contributed by atoms with Gasteiger partial charge >= 0.3 is 0 Å². The van der Waals surface area contributed by atoms with Gasteiger partial charge in [0.15, 0.2) is 0 Å². The first-order valence-electron chi connectivity index (χ1n) is 7.32. The van der Waals surface area contributed by atoms with E-state index in [-0.39, 0.29) is 0 Å². The third-order valence-electron chi connectivity index (χ3n) is 4.21. The standard InChI is InChI=1S/C15H24N2O2S/c1-3-5-13-8-10-17(11-9-13)20(18,19)15-7-4-6-14(16)12(15)2/h4,6-7,13H,3,5,8-11,16H2,1-2H3. The summed E-state index contributed by atoms with van der Waals surface area (Å²) in [5.41, 5.74) is 7.02. The summed E-state index contributed by atoms with van der Waals surface area (Å²) in [7, 11) is -3.40. The summed E-state index contributed by atoms with van der Waals surface area (Å²) in [6, 6.07) is 5.10. The Morgan fingerprint density at radius 2 is 1.95 bits per heavy atom. The Morgan fingerprint density at radius 3 is 2.55 bits per heavy atom. The van der Waals surface area contributed by atoms with E-state index >= 15 is 0 Å². The van der Waals surface area contributed by atoms with E-state index in [0.717, 1.165) is 12.8 Å². The number of anilines is 1. The largest absolute Gasteiger partial charge is 0.398 e. The maximum atomic E-state index is 12.7. The normalized spacial score (nSPS) is 18.3. The van der Waals surface area contributed by atoms with Crippen molar-refractivity contribution in [1.82, 2.24) is 4.31 Å². The van der Waals surface area contributed by atoms with Gasteiger partial charge in [0, 0.05) is 18.8 Å². The van der Waals surface area contributed by atoms with E-state index < -0.39 is 10.0 Å². The lowest BCUT2D eigenvalue weighted by molar-refractivity contribution is 0.262. The van der Waals surface area contributed by atoms with E-state index in [4.69, 9.17) is 5.73 Å². The van der Waals surface area contributed by atoms with Crippen molar-refractivity contribution < 1.29 is 8.42 Å². The number of benzene rings is 1. The maximum Gasteiger partial charge on any atom is 0.243 e. The molecule has 0 atom stereocenters. The van der Waals surface area contributed by atoms with Gasteiger partial charge < -0.3 is 5.73 Å². The molecule has 1 heterocycles. The number of hydrogen-bond donors (Lipinski definition) is 1. The molecule has 20 heavy (non-hydrogen) atoms. The molecule has 1 saturated heterocycles. The van der Waals surface area contributed by atoms with Crippen LogP contribution < -0.4 is 5.73 Å². The van der Waals surface area contributed by atoms with Gasteiger partial charge in [-0.05, 0) is 43.4 Å². The Hall–Kier alpha value is -1.07. The number of sulfonamides is 1. The molecular weight excluding hydrogens is 272 g/mol. The Balaban J connectivity index is 2.18. The minimum Gasteiger partial charge on any atom is -0.398 e. The molecule has 1 aromatic rings. The second kappa shape index (κ2) is 6.14. The van der Waals surface area contributed by atoms with Gasteiger partial charge in [-0.25, -0.2) is 8.42 Å². The van der Waals surface area contributed by atoms with Gasteiger partial charge in [0.05, 0.1) is 4.90 Å². The molecule has 0 bridgehead atoms. The molecule has 2 rings (SSSR count). The molecule has 112 valence electrons. The number of hydrogen-bond acceptors (Lipinski definition) is 3. The van der Waals surface area contributed by atoms with E-state index in [2.05, 4.69) is 6.92 Å². The Labute approximate surface area is 122 Å². The highest BCUT2D eigenvalue weighted by Gasteiger charge is 2.30. The first-order valence-corrected chi connectivity index (χ1v) is 8.76. The van der Waals surface area contributed by atoms with Crippen molar-refractivity contribution in [3.63, 3.8) is 0 Å². The molecule has 4 nitrogen and oxygen atoms in total. The highest BCUT2D eigenvalue weighted by molar-refractivity contribution is 7.89. The lowest BCUT2D eigenvalue weighted by Crippen LogP contribution is -2.38. The molecule has 1 aliphatic rings. The van der Waals surface area contributed by atoms with E-state index in [0.29, 0.717) is 35.2 Å². The summed E-state index contributed by atoms with van der Waals surface area (Å²) in [5.74, 6) is 0.674. The lowest BCUT2D eigenvalue weighted by atomic mass is 9.94. The van der Waals surface area contributed by atoms with Gasteiger partial charge in [-0.1, -0.05) is 25.8 Å². The predicted molar refractivity (Wildman–Crippen MR) is 82.0 cm³/mol. The van der Waals surface area contributed by atoms with Crippen LogP contribution in [-0.4, -0.2) is 25.8 Å². The van der Waals surface area contributed by atoms with E-state index in [1.165, 1.54) is 12.8 Å². The van der Waals surface area contributed by atoms with E-state index in [1.54, 1.807) is 29.4 Å². The van der Waals surface area contributed by atoms with Crippen LogP contribution in [-0.2, 0) is 10.0 Å². The summed E-state index contributed by atoms with van der Waals surface area (Å²) in [4.78, 5) is 0.353. The summed E-state index contributed by atoms with van der Waals surface area (Å²) in [6.45, 7) is 5.20. The van der Waals surface area contributed by atoms with Crippen molar-refractivity contribution in [2.75, 3.05) is 18.8 Å². The van der Waals surface area contributed by atoms with Crippen molar-refractivity contribution in [3.05, 3.63) is 23.8 Å². The van der Waals surface area contributed by atoms with Crippen LogP contribution in [0.5, 0.6) is 0 Å². The van der Waals surface area contributed by atoms with Crippen LogP contribution in [0.25, 0.3) is 0 Å². The topological polar surface area (TPSA) is 63.4 Å². The van der Waals surface area contributed by atoms with Crippen LogP contribution in [0, 0.1) is 12.8 Å². The molecule has 1 aliphatic heterocycles. The number of nitrogens with two attached hydrogens (primary N) is 1. The molecule has 1 fully saturated rings. The Morgan fingerprint density at radius 1 is 1.30 bits per heavy atom. The van der Waals surface area contributed by atoms with Crippen LogP contribution in [0.15, 0.2) is 23.1 Å². The maximum absolute atomic E-state index is 12.7. The van der Waals surface area contributed by atoms with Crippen LogP contribution in [0.1, 0.15) is 38.2 Å². The van der Waals surface area contributed by atoms with Crippen molar-refractivity contribution >= 4 is 15.7 Å². The molecule has 0 radical (unpaired) electrons. The van der Waals surface area contributed by atoms with Crippen LogP contribution in [0.2, 0.25) is 0 Å².